The molecular weight excluding hydrogens is 593 g/mol. The van der Waals surface area contributed by atoms with Gasteiger partial charge >= 0.3 is 0 Å². The fourth-order valence-electron chi connectivity index (χ4n) is 7.41. The molecule has 0 N–H and O–H groups in total. The van der Waals surface area contributed by atoms with Gasteiger partial charge in [0, 0.05) is 42.4 Å². The molecule has 3 nitrogen and oxygen atoms in total. The second-order valence-electron chi connectivity index (χ2n) is 12.2. The van der Waals surface area contributed by atoms with Crippen LogP contribution in [-0.4, -0.2) is 4.98 Å². The van der Waals surface area contributed by atoms with E-state index < -0.39 is 0 Å². The SMILES string of the molecule is C1=C(c2cccc(N3c4ccccc4Oc4ccccc43)c2)CCc2sc3ccc4c(-c5ccccc5)nc5ccccc5c4c3c21. The zero-order valence-electron chi connectivity index (χ0n) is 25.5. The number of para-hydroxylation sites is 5. The van der Waals surface area contributed by atoms with Crippen molar-refractivity contribution >= 4 is 71.8 Å². The van der Waals surface area contributed by atoms with Gasteiger partial charge in [0.05, 0.1) is 22.6 Å². The zero-order valence-corrected chi connectivity index (χ0v) is 26.3. The van der Waals surface area contributed by atoms with Crippen molar-refractivity contribution in [1.82, 2.24) is 4.98 Å². The molecular formula is C43H28N2OS. The molecule has 0 amide bonds. The van der Waals surface area contributed by atoms with Gasteiger partial charge in [-0.15, -0.1) is 11.3 Å². The van der Waals surface area contributed by atoms with Crippen LogP contribution in [0.3, 0.4) is 0 Å². The van der Waals surface area contributed by atoms with Crippen LogP contribution in [0.1, 0.15) is 22.4 Å². The van der Waals surface area contributed by atoms with Crippen molar-refractivity contribution in [2.45, 2.75) is 12.8 Å². The lowest BCUT2D eigenvalue weighted by Gasteiger charge is -2.33. The average molecular weight is 621 g/mol. The van der Waals surface area contributed by atoms with E-state index in [1.807, 2.05) is 35.6 Å². The first-order valence-electron chi connectivity index (χ1n) is 16.1. The van der Waals surface area contributed by atoms with Crippen LogP contribution in [0, 0.1) is 0 Å². The van der Waals surface area contributed by atoms with E-state index in [2.05, 4.69) is 126 Å². The Morgan fingerprint density at radius 2 is 1.32 bits per heavy atom. The second kappa shape index (κ2) is 10.4. The van der Waals surface area contributed by atoms with Crippen molar-refractivity contribution in [2.75, 3.05) is 4.90 Å². The lowest BCUT2D eigenvalue weighted by Crippen LogP contribution is -2.15. The Morgan fingerprint density at radius 1 is 0.596 bits per heavy atom. The number of nitrogens with zero attached hydrogens (tertiary/aromatic N) is 2. The Kier molecular flexibility index (Phi) is 5.87. The zero-order chi connectivity index (χ0) is 30.9. The molecule has 0 atom stereocenters. The summed E-state index contributed by atoms with van der Waals surface area (Å²) in [5.74, 6) is 1.73. The second-order valence-corrected chi connectivity index (χ2v) is 13.4. The molecule has 10 rings (SSSR count). The maximum Gasteiger partial charge on any atom is 0.151 e. The number of ether oxygens (including phenoxy) is 1. The summed E-state index contributed by atoms with van der Waals surface area (Å²) in [6, 6.07) is 49.4. The molecule has 6 aromatic carbocycles. The van der Waals surface area contributed by atoms with E-state index in [4.69, 9.17) is 9.72 Å². The normalized spacial score (nSPS) is 13.6. The highest BCUT2D eigenvalue weighted by Crippen LogP contribution is 2.51. The van der Waals surface area contributed by atoms with Crippen molar-refractivity contribution in [3.05, 3.63) is 156 Å². The van der Waals surface area contributed by atoms with Crippen LogP contribution in [0.2, 0.25) is 0 Å². The van der Waals surface area contributed by atoms with Crippen molar-refractivity contribution in [2.24, 2.45) is 0 Å². The maximum absolute atomic E-state index is 6.29. The number of fused-ring (bicyclic) bond motifs is 9. The number of hydrogen-bond donors (Lipinski definition) is 0. The smallest absolute Gasteiger partial charge is 0.151 e. The van der Waals surface area contributed by atoms with Crippen LogP contribution >= 0.6 is 11.3 Å². The van der Waals surface area contributed by atoms with Gasteiger partial charge < -0.3 is 9.64 Å². The summed E-state index contributed by atoms with van der Waals surface area (Å²) in [7, 11) is 0. The van der Waals surface area contributed by atoms with Crippen LogP contribution in [0.25, 0.3) is 54.7 Å². The molecule has 1 aliphatic carbocycles. The molecule has 0 unspecified atom stereocenters. The Labute approximate surface area is 276 Å². The summed E-state index contributed by atoms with van der Waals surface area (Å²) < 4.78 is 7.63. The minimum absolute atomic E-state index is 0.867. The predicted octanol–water partition coefficient (Wildman–Crippen LogP) is 12.3. The minimum atomic E-state index is 0.867. The van der Waals surface area contributed by atoms with Gasteiger partial charge in [-0.05, 0) is 84.1 Å². The van der Waals surface area contributed by atoms with Crippen molar-refractivity contribution in [3.63, 3.8) is 0 Å². The summed E-state index contributed by atoms with van der Waals surface area (Å²) in [5.41, 5.74) is 10.4. The number of benzene rings is 6. The van der Waals surface area contributed by atoms with E-state index in [0.29, 0.717) is 0 Å². The number of thiophene rings is 1. The highest BCUT2D eigenvalue weighted by atomic mass is 32.1. The molecule has 2 aliphatic rings. The van der Waals surface area contributed by atoms with Crippen molar-refractivity contribution in [3.8, 4) is 22.8 Å². The van der Waals surface area contributed by atoms with Gasteiger partial charge in [0.2, 0.25) is 0 Å². The molecule has 4 heteroatoms. The van der Waals surface area contributed by atoms with E-state index in [1.54, 1.807) is 0 Å². The first-order chi connectivity index (χ1) is 23.3. The van der Waals surface area contributed by atoms with Crippen LogP contribution in [0.15, 0.2) is 140 Å². The van der Waals surface area contributed by atoms with Gasteiger partial charge in [-0.25, -0.2) is 4.98 Å². The number of pyridine rings is 1. The molecule has 3 heterocycles. The van der Waals surface area contributed by atoms with E-state index in [9.17, 15) is 0 Å². The Balaban J connectivity index is 1.17. The van der Waals surface area contributed by atoms with E-state index in [-0.39, 0.29) is 0 Å². The summed E-state index contributed by atoms with van der Waals surface area (Å²) in [6.07, 6.45) is 4.51. The predicted molar refractivity (Wildman–Crippen MR) is 197 cm³/mol. The molecule has 0 bridgehead atoms. The molecule has 0 saturated carbocycles. The first-order valence-corrected chi connectivity index (χ1v) is 16.9. The largest absolute Gasteiger partial charge is 0.453 e. The third-order valence-corrected chi connectivity index (χ3v) is 10.8. The summed E-state index contributed by atoms with van der Waals surface area (Å²) in [5, 5.41) is 5.07. The number of rotatable bonds is 3. The number of aryl methyl sites for hydroxylation is 1. The molecule has 0 fully saturated rings. The first kappa shape index (κ1) is 26.5. The van der Waals surface area contributed by atoms with Crippen molar-refractivity contribution < 1.29 is 4.74 Å². The molecule has 222 valence electrons. The molecule has 47 heavy (non-hydrogen) atoms. The van der Waals surface area contributed by atoms with Crippen LogP contribution in [-0.2, 0) is 6.42 Å². The number of anilines is 3. The maximum atomic E-state index is 6.29. The molecule has 2 aromatic heterocycles. The Morgan fingerprint density at radius 3 is 2.15 bits per heavy atom. The van der Waals surface area contributed by atoms with Gasteiger partial charge in [-0.2, -0.15) is 0 Å². The highest BCUT2D eigenvalue weighted by Gasteiger charge is 2.26. The van der Waals surface area contributed by atoms with Gasteiger partial charge in [0.25, 0.3) is 0 Å². The van der Waals surface area contributed by atoms with Crippen LogP contribution < -0.4 is 9.64 Å². The monoisotopic (exact) mass is 620 g/mol. The summed E-state index contributed by atoms with van der Waals surface area (Å²) >= 11 is 1.95. The van der Waals surface area contributed by atoms with Gasteiger partial charge in [0.1, 0.15) is 0 Å². The van der Waals surface area contributed by atoms with Crippen LogP contribution in [0.5, 0.6) is 11.5 Å². The fraction of sp³-hybridized carbons (Fsp3) is 0.0465. The number of hydrogen-bond acceptors (Lipinski definition) is 4. The number of aromatic nitrogens is 1. The van der Waals surface area contributed by atoms with Gasteiger partial charge in [-0.3, -0.25) is 0 Å². The molecule has 8 aromatic rings. The van der Waals surface area contributed by atoms with Gasteiger partial charge in [0.15, 0.2) is 11.5 Å². The molecule has 1 aliphatic heterocycles. The molecule has 0 spiro atoms. The number of allylic oxidation sites excluding steroid dienone is 1. The van der Waals surface area contributed by atoms with Gasteiger partial charge in [-0.1, -0.05) is 91.0 Å². The minimum Gasteiger partial charge on any atom is -0.453 e. The average Bonchev–Trinajstić information content (AvgIpc) is 3.52. The topological polar surface area (TPSA) is 25.4 Å². The Bertz CT molecular complexity index is 2520. The molecule has 0 saturated heterocycles. The third-order valence-electron chi connectivity index (χ3n) is 9.53. The van der Waals surface area contributed by atoms with E-state index in [1.165, 1.54) is 47.8 Å². The van der Waals surface area contributed by atoms with Crippen LogP contribution in [0.4, 0.5) is 17.1 Å². The fourth-order valence-corrected chi connectivity index (χ4v) is 8.60. The quantitative estimate of drug-likeness (QED) is 0.184. The highest BCUT2D eigenvalue weighted by molar-refractivity contribution is 7.19. The lowest BCUT2D eigenvalue weighted by molar-refractivity contribution is 0.477. The molecule has 0 radical (unpaired) electrons. The van der Waals surface area contributed by atoms with E-state index >= 15 is 0 Å². The standard InChI is InChI=1S/C43H28N2OS/c1-2-11-27(12-3-1)43-32-22-24-40-42(41(32)31-15-4-5-16-34(31)44-43)33-26-29(21-23-39(33)47-40)28-13-10-14-30(25-28)45-35-17-6-8-19-37(35)46-38-20-9-7-18-36(38)45/h1-20,22,24-26H,21,23H2. The van der Waals surface area contributed by atoms with E-state index in [0.717, 1.165) is 58.2 Å². The van der Waals surface area contributed by atoms with Crippen molar-refractivity contribution in [1.29, 1.82) is 0 Å². The Hall–Kier alpha value is -5.71. The third kappa shape index (κ3) is 4.15. The summed E-state index contributed by atoms with van der Waals surface area (Å²) in [6.45, 7) is 0. The lowest BCUT2D eigenvalue weighted by atomic mass is 9.89. The summed E-state index contributed by atoms with van der Waals surface area (Å²) in [4.78, 5) is 8.99.